The highest BCUT2D eigenvalue weighted by Crippen LogP contribution is 2.22. The van der Waals surface area contributed by atoms with Gasteiger partial charge in [0.1, 0.15) is 5.75 Å². The Morgan fingerprint density at radius 3 is 2.22 bits per heavy atom. The van der Waals surface area contributed by atoms with E-state index in [-0.39, 0.29) is 11.9 Å². The second kappa shape index (κ2) is 13.1. The van der Waals surface area contributed by atoms with Crippen molar-refractivity contribution >= 4 is 33.5 Å². The van der Waals surface area contributed by atoms with Gasteiger partial charge in [-0.25, -0.2) is 0 Å². The third kappa shape index (κ3) is 12.1. The number of rotatable bonds is 11. The van der Waals surface area contributed by atoms with Crippen molar-refractivity contribution in [3.63, 3.8) is 0 Å². The van der Waals surface area contributed by atoms with Crippen LogP contribution in [0.15, 0.2) is 0 Å². The normalized spacial score (nSPS) is 10.1. The second-order valence-electron chi connectivity index (χ2n) is 3.50. The summed E-state index contributed by atoms with van der Waals surface area (Å²) in [4.78, 5) is 22.0. The van der Waals surface area contributed by atoms with Gasteiger partial charge >= 0.3 is 11.9 Å². The van der Waals surface area contributed by atoms with E-state index in [0.717, 1.165) is 25.0 Å². The Hall–Kier alpha value is -0.360. The van der Waals surface area contributed by atoms with Crippen LogP contribution in [0.5, 0.6) is 0 Å². The molecule has 0 spiro atoms. The standard InChI is InChI=1S/C12H22O4S2/c1-3-15-11(13)8-6-5-7-9-17-18-10-12(14)16-4-2/h3-10H2,1-2H3. The molecule has 0 aliphatic rings. The van der Waals surface area contributed by atoms with Crippen LogP contribution in [0.4, 0.5) is 0 Å². The van der Waals surface area contributed by atoms with Gasteiger partial charge in [0, 0.05) is 12.2 Å². The van der Waals surface area contributed by atoms with Crippen molar-refractivity contribution in [3.05, 3.63) is 0 Å². The number of carbonyl (C=O) groups is 2. The Bertz CT molecular complexity index is 210. The van der Waals surface area contributed by atoms with E-state index >= 15 is 0 Å². The molecule has 0 bridgehead atoms. The van der Waals surface area contributed by atoms with Gasteiger partial charge < -0.3 is 9.47 Å². The smallest absolute Gasteiger partial charge is 0.316 e. The molecule has 0 saturated carbocycles. The predicted octanol–water partition coefficient (Wildman–Crippen LogP) is 3.05. The van der Waals surface area contributed by atoms with Crippen molar-refractivity contribution in [1.82, 2.24) is 0 Å². The summed E-state index contributed by atoms with van der Waals surface area (Å²) in [5.74, 6) is 1.13. The van der Waals surface area contributed by atoms with Crippen molar-refractivity contribution in [2.45, 2.75) is 39.5 Å². The molecule has 0 aromatic carbocycles. The van der Waals surface area contributed by atoms with Gasteiger partial charge in [-0.3, -0.25) is 9.59 Å². The third-order valence-corrected chi connectivity index (χ3v) is 4.31. The molecule has 0 heterocycles. The van der Waals surface area contributed by atoms with Gasteiger partial charge in [-0.2, -0.15) is 0 Å². The monoisotopic (exact) mass is 294 g/mol. The first-order valence-corrected chi connectivity index (χ1v) is 8.75. The van der Waals surface area contributed by atoms with Crippen molar-refractivity contribution in [2.24, 2.45) is 0 Å². The first kappa shape index (κ1) is 17.6. The molecule has 0 unspecified atom stereocenters. The van der Waals surface area contributed by atoms with E-state index in [9.17, 15) is 9.59 Å². The number of unbranched alkanes of at least 4 members (excludes halogenated alkanes) is 2. The second-order valence-corrected chi connectivity index (χ2v) is 6.09. The number of hydrogen-bond donors (Lipinski definition) is 0. The van der Waals surface area contributed by atoms with Gasteiger partial charge in [0.15, 0.2) is 0 Å². The van der Waals surface area contributed by atoms with Crippen LogP contribution in [0.25, 0.3) is 0 Å². The van der Waals surface area contributed by atoms with Crippen LogP contribution in [0.1, 0.15) is 39.5 Å². The Labute approximate surface area is 117 Å². The van der Waals surface area contributed by atoms with E-state index in [1.807, 2.05) is 6.92 Å². The Morgan fingerprint density at radius 2 is 1.56 bits per heavy atom. The molecule has 106 valence electrons. The molecule has 4 nitrogen and oxygen atoms in total. The zero-order valence-corrected chi connectivity index (χ0v) is 12.7. The first-order valence-electron chi connectivity index (χ1n) is 6.26. The summed E-state index contributed by atoms with van der Waals surface area (Å²) in [6.45, 7) is 4.52. The lowest BCUT2D eigenvalue weighted by Gasteiger charge is -2.02. The maximum absolute atomic E-state index is 11.0. The molecule has 6 heteroatoms. The van der Waals surface area contributed by atoms with Crippen LogP contribution in [-0.4, -0.2) is 36.7 Å². The van der Waals surface area contributed by atoms with Crippen molar-refractivity contribution in [3.8, 4) is 0 Å². The fourth-order valence-electron chi connectivity index (χ4n) is 1.19. The zero-order valence-electron chi connectivity index (χ0n) is 11.1. The molecule has 18 heavy (non-hydrogen) atoms. The molecule has 0 radical (unpaired) electrons. The molecule has 0 amide bonds. The summed E-state index contributed by atoms with van der Waals surface area (Å²) >= 11 is 0. The van der Waals surface area contributed by atoms with Gasteiger partial charge in [-0.15, -0.1) is 0 Å². The SMILES string of the molecule is CCOC(=O)CCCCCSSCC(=O)OCC. The van der Waals surface area contributed by atoms with Crippen LogP contribution in [-0.2, 0) is 19.1 Å². The Kier molecular flexibility index (Phi) is 12.8. The van der Waals surface area contributed by atoms with E-state index in [4.69, 9.17) is 9.47 Å². The fraction of sp³-hybridized carbons (Fsp3) is 0.833. The van der Waals surface area contributed by atoms with Crippen LogP contribution >= 0.6 is 21.6 Å². The van der Waals surface area contributed by atoms with Gasteiger partial charge in [0.2, 0.25) is 0 Å². The Morgan fingerprint density at radius 1 is 0.889 bits per heavy atom. The summed E-state index contributed by atoms with van der Waals surface area (Å²) in [7, 11) is 3.20. The van der Waals surface area contributed by atoms with Gasteiger partial charge in [0.05, 0.1) is 13.2 Å². The highest BCUT2D eigenvalue weighted by Gasteiger charge is 2.02. The van der Waals surface area contributed by atoms with E-state index in [0.29, 0.717) is 25.4 Å². The molecule has 0 aliphatic carbocycles. The highest BCUT2D eigenvalue weighted by atomic mass is 33.1. The number of carbonyl (C=O) groups excluding carboxylic acids is 2. The topological polar surface area (TPSA) is 52.6 Å². The maximum atomic E-state index is 11.0. The minimum Gasteiger partial charge on any atom is -0.466 e. The van der Waals surface area contributed by atoms with E-state index in [1.54, 1.807) is 17.7 Å². The van der Waals surface area contributed by atoms with E-state index < -0.39 is 0 Å². The predicted molar refractivity (Wildman–Crippen MR) is 76.7 cm³/mol. The zero-order chi connectivity index (χ0) is 13.6. The summed E-state index contributed by atoms with van der Waals surface area (Å²) in [5, 5.41) is 0. The third-order valence-electron chi connectivity index (χ3n) is 1.98. The summed E-state index contributed by atoms with van der Waals surface area (Å²) < 4.78 is 9.65. The minimum absolute atomic E-state index is 0.109. The quantitative estimate of drug-likeness (QED) is 0.332. The Balaban J connectivity index is 3.16. The molecule has 0 aliphatic heterocycles. The largest absolute Gasteiger partial charge is 0.466 e. The molecular weight excluding hydrogens is 272 g/mol. The van der Waals surface area contributed by atoms with Crippen LogP contribution in [0.3, 0.4) is 0 Å². The van der Waals surface area contributed by atoms with Gasteiger partial charge in [0.25, 0.3) is 0 Å². The summed E-state index contributed by atoms with van der Waals surface area (Å²) in [6.07, 6.45) is 3.46. The molecule has 0 rings (SSSR count). The van der Waals surface area contributed by atoms with Crippen molar-refractivity contribution in [2.75, 3.05) is 24.7 Å². The molecule has 0 aromatic rings. The lowest BCUT2D eigenvalue weighted by molar-refractivity contribution is -0.143. The van der Waals surface area contributed by atoms with Crippen molar-refractivity contribution in [1.29, 1.82) is 0 Å². The van der Waals surface area contributed by atoms with Crippen molar-refractivity contribution < 1.29 is 19.1 Å². The minimum atomic E-state index is -0.155. The maximum Gasteiger partial charge on any atom is 0.316 e. The van der Waals surface area contributed by atoms with Crippen LogP contribution in [0, 0.1) is 0 Å². The molecule has 0 aromatic heterocycles. The summed E-state index contributed by atoms with van der Waals surface area (Å²) in [5.41, 5.74) is 0. The molecule has 0 N–H and O–H groups in total. The molecule has 0 fully saturated rings. The molecular formula is C12H22O4S2. The van der Waals surface area contributed by atoms with E-state index in [2.05, 4.69) is 0 Å². The average Bonchev–Trinajstić information content (AvgIpc) is 2.33. The lowest BCUT2D eigenvalue weighted by atomic mass is 10.2. The van der Waals surface area contributed by atoms with Gasteiger partial charge in [-0.05, 0) is 26.7 Å². The van der Waals surface area contributed by atoms with Crippen LogP contribution < -0.4 is 0 Å². The first-order chi connectivity index (χ1) is 8.70. The van der Waals surface area contributed by atoms with E-state index in [1.165, 1.54) is 10.8 Å². The average molecular weight is 294 g/mol. The number of esters is 2. The summed E-state index contributed by atoms with van der Waals surface area (Å²) in [6, 6.07) is 0. The number of ether oxygens (including phenoxy) is 2. The van der Waals surface area contributed by atoms with Crippen LogP contribution in [0.2, 0.25) is 0 Å². The lowest BCUT2D eigenvalue weighted by Crippen LogP contribution is -2.05. The molecule has 0 saturated heterocycles. The highest BCUT2D eigenvalue weighted by molar-refractivity contribution is 8.76. The number of hydrogen-bond acceptors (Lipinski definition) is 6. The fourth-order valence-corrected chi connectivity index (χ4v) is 3.14. The van der Waals surface area contributed by atoms with Gasteiger partial charge in [-0.1, -0.05) is 28.0 Å². The molecule has 0 atom stereocenters.